The molecule has 1 aromatic carbocycles. The highest BCUT2D eigenvalue weighted by atomic mass is 32.1. The number of hydrogen-bond acceptors (Lipinski definition) is 8. The SMILES string of the molecule is Cc1c(C(N)=O)sc2ncn(Cc3nc(C[C@H](O)c4ccc(F)cc4)no3)c(=O)c12. The van der Waals surface area contributed by atoms with Crippen molar-refractivity contribution < 1.29 is 18.8 Å². The molecule has 0 aliphatic rings. The first-order valence-corrected chi connectivity index (χ1v) is 9.68. The number of thiophene rings is 1. The van der Waals surface area contributed by atoms with Crippen LogP contribution in [0.1, 0.15) is 38.6 Å². The molecule has 0 unspecified atom stereocenters. The van der Waals surface area contributed by atoms with Gasteiger partial charge in [-0.3, -0.25) is 14.2 Å². The maximum absolute atomic E-state index is 13.0. The highest BCUT2D eigenvalue weighted by molar-refractivity contribution is 7.20. The van der Waals surface area contributed by atoms with E-state index >= 15 is 0 Å². The quantitative estimate of drug-likeness (QED) is 0.476. The first-order valence-electron chi connectivity index (χ1n) is 8.87. The van der Waals surface area contributed by atoms with E-state index < -0.39 is 17.8 Å². The van der Waals surface area contributed by atoms with Gasteiger partial charge in [0.2, 0.25) is 5.89 Å². The molecule has 0 saturated heterocycles. The van der Waals surface area contributed by atoms with Crippen molar-refractivity contribution in [2.45, 2.75) is 26.0 Å². The maximum atomic E-state index is 13.0. The Morgan fingerprint density at radius 1 is 1.37 bits per heavy atom. The zero-order valence-corrected chi connectivity index (χ0v) is 16.5. The summed E-state index contributed by atoms with van der Waals surface area (Å²) in [7, 11) is 0. The van der Waals surface area contributed by atoms with Crippen LogP contribution in [0.5, 0.6) is 0 Å². The summed E-state index contributed by atoms with van der Waals surface area (Å²) in [6.07, 6.45) is 0.465. The molecule has 9 nitrogen and oxygen atoms in total. The standard InChI is InChI=1S/C19H16FN5O4S/c1-9-15-18(30-16(9)17(21)27)22-8-25(19(15)28)7-14-23-13(24-29-14)6-12(26)10-2-4-11(20)5-3-10/h2-5,8,12,26H,6-7H2,1H3,(H2,21,27)/t12-/m0/s1. The molecule has 11 heteroatoms. The van der Waals surface area contributed by atoms with Crippen molar-refractivity contribution in [3.63, 3.8) is 0 Å². The van der Waals surface area contributed by atoms with Crippen LogP contribution in [0.15, 0.2) is 39.9 Å². The van der Waals surface area contributed by atoms with Crippen molar-refractivity contribution >= 4 is 27.5 Å². The Hall–Kier alpha value is -3.44. The normalized spacial score (nSPS) is 12.4. The van der Waals surface area contributed by atoms with Gasteiger partial charge in [-0.1, -0.05) is 17.3 Å². The second kappa shape index (κ2) is 7.76. The van der Waals surface area contributed by atoms with E-state index in [0.717, 1.165) is 11.3 Å². The van der Waals surface area contributed by atoms with Crippen LogP contribution in [0.2, 0.25) is 0 Å². The molecule has 30 heavy (non-hydrogen) atoms. The van der Waals surface area contributed by atoms with E-state index in [2.05, 4.69) is 15.1 Å². The second-order valence-electron chi connectivity index (χ2n) is 6.65. The van der Waals surface area contributed by atoms with Gasteiger partial charge in [-0.15, -0.1) is 11.3 Å². The van der Waals surface area contributed by atoms with Crippen LogP contribution in [0.4, 0.5) is 4.39 Å². The highest BCUT2D eigenvalue weighted by Gasteiger charge is 2.19. The van der Waals surface area contributed by atoms with Crippen molar-refractivity contribution in [3.05, 3.63) is 74.5 Å². The Bertz CT molecular complexity index is 1290. The van der Waals surface area contributed by atoms with Gasteiger partial charge in [0.1, 0.15) is 17.2 Å². The number of nitrogens with zero attached hydrogens (tertiary/aromatic N) is 4. The van der Waals surface area contributed by atoms with Gasteiger partial charge < -0.3 is 15.4 Å². The molecule has 0 spiro atoms. The summed E-state index contributed by atoms with van der Waals surface area (Å²) in [5.41, 5.74) is 6.00. The minimum absolute atomic E-state index is 0.0252. The molecule has 3 aromatic heterocycles. The summed E-state index contributed by atoms with van der Waals surface area (Å²) in [6.45, 7) is 1.62. The summed E-state index contributed by atoms with van der Waals surface area (Å²) < 4.78 is 19.5. The van der Waals surface area contributed by atoms with Gasteiger partial charge >= 0.3 is 0 Å². The molecule has 4 rings (SSSR count). The highest BCUT2D eigenvalue weighted by Crippen LogP contribution is 2.26. The number of carbonyl (C=O) groups excluding carboxylic acids is 1. The lowest BCUT2D eigenvalue weighted by Gasteiger charge is -2.07. The van der Waals surface area contributed by atoms with Gasteiger partial charge in [0.15, 0.2) is 5.82 Å². The summed E-state index contributed by atoms with van der Waals surface area (Å²) >= 11 is 1.07. The molecule has 3 heterocycles. The summed E-state index contributed by atoms with van der Waals surface area (Å²) in [6, 6.07) is 5.47. The third-order valence-electron chi connectivity index (χ3n) is 4.59. The van der Waals surface area contributed by atoms with Crippen molar-refractivity contribution in [2.75, 3.05) is 0 Å². The minimum atomic E-state index is -0.933. The number of aromatic nitrogens is 4. The van der Waals surface area contributed by atoms with Crippen molar-refractivity contribution in [2.24, 2.45) is 5.73 Å². The average Bonchev–Trinajstić information content (AvgIpc) is 3.29. The van der Waals surface area contributed by atoms with E-state index in [1.54, 1.807) is 6.92 Å². The Kier molecular flexibility index (Phi) is 5.14. The first kappa shape index (κ1) is 19.9. The number of aliphatic hydroxyl groups is 1. The molecular weight excluding hydrogens is 413 g/mol. The van der Waals surface area contributed by atoms with Gasteiger partial charge in [-0.2, -0.15) is 4.98 Å². The number of halogens is 1. The van der Waals surface area contributed by atoms with E-state index in [1.165, 1.54) is 35.2 Å². The molecule has 3 N–H and O–H groups in total. The molecule has 1 atom stereocenters. The number of rotatable bonds is 6. The monoisotopic (exact) mass is 429 g/mol. The van der Waals surface area contributed by atoms with Crippen LogP contribution in [-0.4, -0.2) is 30.7 Å². The molecule has 1 amide bonds. The lowest BCUT2D eigenvalue weighted by Crippen LogP contribution is -2.21. The lowest BCUT2D eigenvalue weighted by atomic mass is 10.1. The molecule has 0 aliphatic carbocycles. The van der Waals surface area contributed by atoms with E-state index in [-0.39, 0.29) is 30.2 Å². The summed E-state index contributed by atoms with van der Waals surface area (Å²) in [5, 5.41) is 14.4. The summed E-state index contributed by atoms with van der Waals surface area (Å²) in [4.78, 5) is 33.4. The predicted octanol–water partition coefficient (Wildman–Crippen LogP) is 1.71. The molecule has 154 valence electrons. The van der Waals surface area contributed by atoms with Crippen molar-refractivity contribution in [1.29, 1.82) is 0 Å². The van der Waals surface area contributed by atoms with E-state index in [9.17, 15) is 19.1 Å². The molecule has 0 fully saturated rings. The number of hydrogen-bond donors (Lipinski definition) is 2. The number of primary amides is 1. The largest absolute Gasteiger partial charge is 0.388 e. The fourth-order valence-corrected chi connectivity index (χ4v) is 4.06. The van der Waals surface area contributed by atoms with Gasteiger partial charge in [0.05, 0.1) is 22.7 Å². The van der Waals surface area contributed by atoms with Gasteiger partial charge in [0, 0.05) is 6.42 Å². The van der Waals surface area contributed by atoms with Crippen LogP contribution in [-0.2, 0) is 13.0 Å². The minimum Gasteiger partial charge on any atom is -0.388 e. The van der Waals surface area contributed by atoms with Crippen molar-refractivity contribution in [1.82, 2.24) is 19.7 Å². The van der Waals surface area contributed by atoms with Crippen LogP contribution < -0.4 is 11.3 Å². The zero-order chi connectivity index (χ0) is 21.4. The fraction of sp³-hybridized carbons (Fsp3) is 0.211. The van der Waals surface area contributed by atoms with E-state index in [4.69, 9.17) is 10.3 Å². The number of fused-ring (bicyclic) bond motifs is 1. The van der Waals surface area contributed by atoms with Crippen molar-refractivity contribution in [3.8, 4) is 0 Å². The van der Waals surface area contributed by atoms with Gasteiger partial charge in [0.25, 0.3) is 11.5 Å². The van der Waals surface area contributed by atoms with Gasteiger partial charge in [-0.25, -0.2) is 9.37 Å². The molecule has 0 bridgehead atoms. The lowest BCUT2D eigenvalue weighted by molar-refractivity contribution is 0.100. The Morgan fingerprint density at radius 3 is 2.80 bits per heavy atom. The van der Waals surface area contributed by atoms with E-state index in [1.807, 2.05) is 0 Å². The number of aliphatic hydroxyl groups excluding tert-OH is 1. The first-order chi connectivity index (χ1) is 14.3. The zero-order valence-electron chi connectivity index (χ0n) is 15.7. The van der Waals surface area contributed by atoms with E-state index in [0.29, 0.717) is 26.2 Å². The maximum Gasteiger partial charge on any atom is 0.262 e. The number of aryl methyl sites for hydroxylation is 1. The second-order valence-corrected chi connectivity index (χ2v) is 7.65. The number of carbonyl (C=O) groups is 1. The Balaban J connectivity index is 1.55. The molecular formula is C19H16FN5O4S. The molecule has 0 radical (unpaired) electrons. The van der Waals surface area contributed by atoms with Crippen LogP contribution in [0.25, 0.3) is 10.2 Å². The predicted molar refractivity (Wildman–Crippen MR) is 106 cm³/mol. The number of amides is 1. The fourth-order valence-electron chi connectivity index (χ4n) is 3.07. The average molecular weight is 429 g/mol. The Labute approximate surface area is 172 Å². The van der Waals surface area contributed by atoms with Gasteiger partial charge in [-0.05, 0) is 30.2 Å². The van der Waals surface area contributed by atoms with Crippen LogP contribution in [0, 0.1) is 12.7 Å². The Morgan fingerprint density at radius 2 is 2.10 bits per heavy atom. The molecule has 4 aromatic rings. The number of nitrogens with two attached hydrogens (primary N) is 1. The van der Waals surface area contributed by atoms with Crippen LogP contribution in [0.3, 0.4) is 0 Å². The van der Waals surface area contributed by atoms with Crippen LogP contribution >= 0.6 is 11.3 Å². The molecule has 0 saturated carbocycles. The topological polar surface area (TPSA) is 137 Å². The molecule has 0 aliphatic heterocycles. The smallest absolute Gasteiger partial charge is 0.262 e. The third kappa shape index (κ3) is 3.72. The number of benzene rings is 1. The summed E-state index contributed by atoms with van der Waals surface area (Å²) in [5.74, 6) is -0.607. The third-order valence-corrected chi connectivity index (χ3v) is 5.80.